The summed E-state index contributed by atoms with van der Waals surface area (Å²) in [6.45, 7) is 0. The van der Waals surface area contributed by atoms with E-state index in [-0.39, 0.29) is 16.4 Å². The molecule has 0 unspecified atom stereocenters. The first-order valence-corrected chi connectivity index (χ1v) is 6.50. The predicted octanol–water partition coefficient (Wildman–Crippen LogP) is 3.33. The molecule has 1 aromatic carbocycles. The van der Waals surface area contributed by atoms with Crippen molar-refractivity contribution < 1.29 is 14.7 Å². The van der Waals surface area contributed by atoms with Crippen molar-refractivity contribution in [2.75, 3.05) is 0 Å². The maximum Gasteiger partial charge on any atom is 0.337 e. The monoisotopic (exact) mass is 287 g/mol. The number of rotatable bonds is 2. The molecule has 0 fully saturated rings. The minimum absolute atomic E-state index is 0.0553. The quantitative estimate of drug-likeness (QED) is 0.920. The van der Waals surface area contributed by atoms with Gasteiger partial charge in [-0.15, -0.1) is 0 Å². The van der Waals surface area contributed by atoms with E-state index in [2.05, 4.69) is 4.98 Å². The molecule has 1 aromatic heterocycles. The number of halogens is 1. The first-order valence-electron chi connectivity index (χ1n) is 6.12. The van der Waals surface area contributed by atoms with Crippen molar-refractivity contribution >= 4 is 39.8 Å². The molecule has 0 spiro atoms. The minimum Gasteiger partial charge on any atom is -0.478 e. The van der Waals surface area contributed by atoms with Gasteiger partial charge in [-0.1, -0.05) is 11.6 Å². The summed E-state index contributed by atoms with van der Waals surface area (Å²) in [5, 5.41) is 9.90. The normalized spacial score (nSPS) is 14.7. The van der Waals surface area contributed by atoms with Crippen molar-refractivity contribution in [1.29, 1.82) is 0 Å². The Hall–Kier alpha value is -2.20. The Balaban J connectivity index is 2.18. The van der Waals surface area contributed by atoms with Crippen molar-refractivity contribution in [3.8, 4) is 0 Å². The van der Waals surface area contributed by atoms with Gasteiger partial charge in [0.05, 0.1) is 21.8 Å². The lowest BCUT2D eigenvalue weighted by atomic mass is 10.1. The van der Waals surface area contributed by atoms with Crippen LogP contribution in [-0.2, 0) is 4.79 Å². The number of nitrogens with zero attached hydrogens (tertiary/aromatic N) is 1. The van der Waals surface area contributed by atoms with Crippen molar-refractivity contribution in [3.63, 3.8) is 0 Å². The van der Waals surface area contributed by atoms with Crippen LogP contribution in [0.2, 0.25) is 5.02 Å². The third-order valence-corrected chi connectivity index (χ3v) is 3.65. The van der Waals surface area contributed by atoms with Gasteiger partial charge in [-0.05, 0) is 42.3 Å². The van der Waals surface area contributed by atoms with Crippen LogP contribution in [0, 0.1) is 0 Å². The van der Waals surface area contributed by atoms with E-state index in [9.17, 15) is 14.7 Å². The van der Waals surface area contributed by atoms with Gasteiger partial charge in [0.25, 0.3) is 0 Å². The second-order valence-electron chi connectivity index (χ2n) is 4.63. The van der Waals surface area contributed by atoms with Gasteiger partial charge in [0.2, 0.25) is 0 Å². The highest BCUT2D eigenvalue weighted by Gasteiger charge is 2.17. The molecule has 0 amide bonds. The second-order valence-corrected chi connectivity index (χ2v) is 5.03. The first-order chi connectivity index (χ1) is 9.56. The maximum atomic E-state index is 11.3. The average molecular weight is 288 g/mol. The Labute approximate surface area is 119 Å². The highest BCUT2D eigenvalue weighted by Crippen LogP contribution is 2.29. The van der Waals surface area contributed by atoms with E-state index >= 15 is 0 Å². The lowest BCUT2D eigenvalue weighted by Crippen LogP contribution is -2.00. The Morgan fingerprint density at radius 1 is 1.20 bits per heavy atom. The lowest BCUT2D eigenvalue weighted by Gasteiger charge is -2.07. The molecular formula is C15H10ClNO3. The van der Waals surface area contributed by atoms with Gasteiger partial charge in [-0.3, -0.25) is 4.79 Å². The molecular weight excluding hydrogens is 278 g/mol. The zero-order chi connectivity index (χ0) is 14.3. The molecule has 0 aliphatic heterocycles. The number of hydrogen-bond acceptors (Lipinski definition) is 3. The van der Waals surface area contributed by atoms with Gasteiger partial charge in [0.1, 0.15) is 0 Å². The average Bonchev–Trinajstić information content (AvgIpc) is 2.84. The summed E-state index contributed by atoms with van der Waals surface area (Å²) in [5.74, 6) is -0.977. The highest BCUT2D eigenvalue weighted by atomic mass is 35.5. The third kappa shape index (κ3) is 2.08. The number of carboxylic acid groups (broad SMARTS) is 1. The fourth-order valence-corrected chi connectivity index (χ4v) is 2.62. The minimum atomic E-state index is -1.08. The molecule has 3 rings (SSSR count). The number of carboxylic acids is 1. The van der Waals surface area contributed by atoms with Crippen LogP contribution >= 0.6 is 11.6 Å². The Morgan fingerprint density at radius 3 is 2.65 bits per heavy atom. The second kappa shape index (κ2) is 4.72. The van der Waals surface area contributed by atoms with Gasteiger partial charge < -0.3 is 5.11 Å². The number of fused-ring (bicyclic) bond motifs is 1. The van der Waals surface area contributed by atoms with Crippen LogP contribution in [-0.4, -0.2) is 21.8 Å². The van der Waals surface area contributed by atoms with E-state index < -0.39 is 5.97 Å². The van der Waals surface area contributed by atoms with E-state index in [1.165, 1.54) is 6.07 Å². The molecule has 0 radical (unpaired) electrons. The topological polar surface area (TPSA) is 67.3 Å². The molecule has 5 heteroatoms. The number of hydrogen-bond donors (Lipinski definition) is 1. The Kier molecular flexibility index (Phi) is 3.03. The van der Waals surface area contributed by atoms with Gasteiger partial charge in [0, 0.05) is 11.8 Å². The summed E-state index contributed by atoms with van der Waals surface area (Å²) >= 11 is 5.92. The van der Waals surface area contributed by atoms with E-state index in [4.69, 9.17) is 11.6 Å². The molecule has 0 bridgehead atoms. The summed E-state index contributed by atoms with van der Waals surface area (Å²) < 4.78 is 0. The molecule has 0 saturated carbocycles. The first kappa shape index (κ1) is 12.8. The predicted molar refractivity (Wildman–Crippen MR) is 75.9 cm³/mol. The van der Waals surface area contributed by atoms with E-state index in [0.29, 0.717) is 29.4 Å². The number of carbonyl (C=O) groups is 2. The zero-order valence-corrected chi connectivity index (χ0v) is 11.1. The van der Waals surface area contributed by atoms with Crippen LogP contribution in [0.4, 0.5) is 0 Å². The van der Waals surface area contributed by atoms with Gasteiger partial charge in [0.15, 0.2) is 5.78 Å². The molecule has 1 heterocycles. The van der Waals surface area contributed by atoms with Gasteiger partial charge >= 0.3 is 5.97 Å². The highest BCUT2D eigenvalue weighted by molar-refractivity contribution is 6.35. The molecule has 1 N–H and O–H groups in total. The molecule has 0 atom stereocenters. The Bertz CT molecular complexity index is 780. The van der Waals surface area contributed by atoms with Crippen LogP contribution in [0.5, 0.6) is 0 Å². The summed E-state index contributed by atoms with van der Waals surface area (Å²) in [7, 11) is 0. The van der Waals surface area contributed by atoms with Crippen LogP contribution in [0.15, 0.2) is 30.3 Å². The molecule has 0 saturated heterocycles. The molecule has 1 aliphatic carbocycles. The summed E-state index contributed by atoms with van der Waals surface area (Å²) in [5.41, 5.74) is 2.22. The van der Waals surface area contributed by atoms with Crippen LogP contribution in [0.1, 0.15) is 28.9 Å². The van der Waals surface area contributed by atoms with E-state index in [0.717, 1.165) is 5.57 Å². The molecule has 4 nitrogen and oxygen atoms in total. The van der Waals surface area contributed by atoms with E-state index in [1.807, 2.05) is 0 Å². The number of aromatic nitrogens is 1. The maximum absolute atomic E-state index is 11.3. The van der Waals surface area contributed by atoms with Crippen molar-refractivity contribution in [2.45, 2.75) is 12.8 Å². The van der Waals surface area contributed by atoms with Crippen LogP contribution in [0.25, 0.3) is 16.5 Å². The molecule has 2 aromatic rings. The van der Waals surface area contributed by atoms with Crippen molar-refractivity contribution in [3.05, 3.63) is 46.6 Å². The standard InChI is InChI=1S/C15H10ClNO3/c16-11-4-6-13-10(14(11)15(19)20)3-5-12(17-13)8-1-2-9(18)7-8/h3-7H,1-2H2,(H,19,20). The number of pyridine rings is 1. The third-order valence-electron chi connectivity index (χ3n) is 3.34. The van der Waals surface area contributed by atoms with Gasteiger partial charge in [-0.2, -0.15) is 0 Å². The van der Waals surface area contributed by atoms with Gasteiger partial charge in [-0.25, -0.2) is 9.78 Å². The molecule has 100 valence electrons. The number of allylic oxidation sites excluding steroid dienone is 2. The lowest BCUT2D eigenvalue weighted by molar-refractivity contribution is -0.114. The number of carbonyl (C=O) groups excluding carboxylic acids is 1. The smallest absolute Gasteiger partial charge is 0.337 e. The Morgan fingerprint density at radius 2 is 2.00 bits per heavy atom. The number of ketones is 1. The van der Waals surface area contributed by atoms with Crippen molar-refractivity contribution in [1.82, 2.24) is 4.98 Å². The molecule has 20 heavy (non-hydrogen) atoms. The van der Waals surface area contributed by atoms with Crippen LogP contribution < -0.4 is 0 Å². The summed E-state index contributed by atoms with van der Waals surface area (Å²) in [4.78, 5) is 27.0. The summed E-state index contributed by atoms with van der Waals surface area (Å²) in [6.07, 6.45) is 2.79. The SMILES string of the molecule is O=C1C=C(c2ccc3c(C(=O)O)c(Cl)ccc3n2)CC1. The fourth-order valence-electron chi connectivity index (χ4n) is 2.37. The largest absolute Gasteiger partial charge is 0.478 e. The van der Waals surface area contributed by atoms with Crippen molar-refractivity contribution in [2.24, 2.45) is 0 Å². The fraction of sp³-hybridized carbons (Fsp3) is 0.133. The summed E-state index contributed by atoms with van der Waals surface area (Å²) in [6, 6.07) is 6.63. The molecule has 1 aliphatic rings. The number of aromatic carboxylic acids is 1. The zero-order valence-electron chi connectivity index (χ0n) is 10.4. The van der Waals surface area contributed by atoms with Crippen LogP contribution in [0.3, 0.4) is 0 Å². The van der Waals surface area contributed by atoms with E-state index in [1.54, 1.807) is 24.3 Å². The number of benzene rings is 1.